The maximum Gasteiger partial charge on any atom is 0.0949 e. The summed E-state index contributed by atoms with van der Waals surface area (Å²) in [7, 11) is 0. The van der Waals surface area contributed by atoms with Gasteiger partial charge in [-0.05, 0) is 12.8 Å². The van der Waals surface area contributed by atoms with Crippen LogP contribution in [0.3, 0.4) is 0 Å². The molecular weight excluding hydrogens is 152 g/mol. The fraction of sp³-hybridized carbons (Fsp3) is 0.667. The van der Waals surface area contributed by atoms with Crippen LogP contribution in [0.15, 0.2) is 18.7 Å². The van der Waals surface area contributed by atoms with E-state index in [0.29, 0.717) is 0 Å². The van der Waals surface area contributed by atoms with Crippen LogP contribution in [0.2, 0.25) is 0 Å². The minimum absolute atomic E-state index is 0.173. The number of hydrogen-bond donors (Lipinski definition) is 1. The molecule has 0 bridgehead atoms. The average Bonchev–Trinajstić information content (AvgIpc) is 2.57. The first-order valence-electron chi connectivity index (χ1n) is 4.53. The summed E-state index contributed by atoms with van der Waals surface area (Å²) >= 11 is 0. The molecule has 66 valence electrons. The molecule has 1 fully saturated rings. The van der Waals surface area contributed by atoms with E-state index in [-0.39, 0.29) is 12.1 Å². The highest BCUT2D eigenvalue weighted by Gasteiger charge is 2.23. The number of hydrogen-bond acceptors (Lipinski definition) is 2. The van der Waals surface area contributed by atoms with Crippen molar-refractivity contribution in [3.63, 3.8) is 0 Å². The van der Waals surface area contributed by atoms with Crippen molar-refractivity contribution in [2.45, 2.75) is 37.8 Å². The largest absolute Gasteiger partial charge is 0.391 e. The SMILES string of the molecule is O[C@H]1CCCC[C@@H]1n1ccnc1. The lowest BCUT2D eigenvalue weighted by Crippen LogP contribution is -2.26. The second kappa shape index (κ2) is 3.27. The van der Waals surface area contributed by atoms with Crippen LogP contribution >= 0.6 is 0 Å². The zero-order valence-electron chi connectivity index (χ0n) is 7.06. The molecule has 0 radical (unpaired) electrons. The van der Waals surface area contributed by atoms with Gasteiger partial charge in [0, 0.05) is 12.4 Å². The first-order valence-corrected chi connectivity index (χ1v) is 4.53. The van der Waals surface area contributed by atoms with Crippen LogP contribution in [0.4, 0.5) is 0 Å². The van der Waals surface area contributed by atoms with E-state index in [9.17, 15) is 5.11 Å². The number of imidazole rings is 1. The Hall–Kier alpha value is -0.830. The molecule has 0 aliphatic heterocycles. The van der Waals surface area contributed by atoms with Crippen LogP contribution in [0, 0.1) is 0 Å². The summed E-state index contributed by atoms with van der Waals surface area (Å²) in [6.45, 7) is 0. The lowest BCUT2D eigenvalue weighted by Gasteiger charge is -2.28. The average molecular weight is 166 g/mol. The second-order valence-electron chi connectivity index (χ2n) is 3.43. The van der Waals surface area contributed by atoms with E-state index in [0.717, 1.165) is 19.3 Å². The molecule has 1 aromatic heterocycles. The molecule has 0 amide bonds. The highest BCUT2D eigenvalue weighted by Crippen LogP contribution is 2.27. The zero-order chi connectivity index (χ0) is 8.39. The summed E-state index contributed by atoms with van der Waals surface area (Å²) in [5.41, 5.74) is 0. The third-order valence-corrected chi connectivity index (χ3v) is 2.60. The van der Waals surface area contributed by atoms with E-state index in [1.54, 1.807) is 12.5 Å². The summed E-state index contributed by atoms with van der Waals surface area (Å²) in [5, 5.41) is 9.69. The topological polar surface area (TPSA) is 38.0 Å². The second-order valence-corrected chi connectivity index (χ2v) is 3.43. The highest BCUT2D eigenvalue weighted by molar-refractivity contribution is 4.86. The predicted molar refractivity (Wildman–Crippen MR) is 45.7 cm³/mol. The monoisotopic (exact) mass is 166 g/mol. The van der Waals surface area contributed by atoms with Crippen LogP contribution in [-0.4, -0.2) is 20.8 Å². The molecular formula is C9H14N2O. The molecule has 0 spiro atoms. The van der Waals surface area contributed by atoms with Crippen molar-refractivity contribution in [2.75, 3.05) is 0 Å². The van der Waals surface area contributed by atoms with Crippen molar-refractivity contribution in [3.8, 4) is 0 Å². The fourth-order valence-corrected chi connectivity index (χ4v) is 1.91. The lowest BCUT2D eigenvalue weighted by molar-refractivity contribution is 0.0754. The van der Waals surface area contributed by atoms with Gasteiger partial charge in [0.15, 0.2) is 0 Å². The molecule has 1 saturated carbocycles. The summed E-state index contributed by atoms with van der Waals surface area (Å²) in [4.78, 5) is 3.98. The van der Waals surface area contributed by atoms with Crippen LogP contribution in [0.1, 0.15) is 31.7 Å². The summed E-state index contributed by atoms with van der Waals surface area (Å²) in [6, 6.07) is 0.265. The van der Waals surface area contributed by atoms with Gasteiger partial charge in [0.05, 0.1) is 18.5 Å². The Bertz CT molecular complexity index is 233. The molecule has 2 atom stereocenters. The Morgan fingerprint density at radius 3 is 2.83 bits per heavy atom. The standard InChI is InChI=1S/C9H14N2O/c12-9-4-2-1-3-8(9)11-6-5-10-7-11/h5-9,12H,1-4H2/t8-,9-/m0/s1. The first-order chi connectivity index (χ1) is 5.88. The van der Waals surface area contributed by atoms with Crippen LogP contribution < -0.4 is 0 Å². The van der Waals surface area contributed by atoms with Gasteiger partial charge in [-0.1, -0.05) is 12.8 Å². The Balaban J connectivity index is 2.11. The molecule has 2 rings (SSSR count). The van der Waals surface area contributed by atoms with Crippen molar-refractivity contribution < 1.29 is 5.11 Å². The van der Waals surface area contributed by atoms with Gasteiger partial charge < -0.3 is 9.67 Å². The molecule has 1 aromatic rings. The minimum atomic E-state index is -0.173. The fourth-order valence-electron chi connectivity index (χ4n) is 1.91. The Morgan fingerprint density at radius 2 is 2.17 bits per heavy atom. The van der Waals surface area contributed by atoms with Gasteiger partial charge in [0.1, 0.15) is 0 Å². The van der Waals surface area contributed by atoms with E-state index in [2.05, 4.69) is 4.98 Å². The quantitative estimate of drug-likeness (QED) is 0.684. The summed E-state index contributed by atoms with van der Waals surface area (Å²) in [5.74, 6) is 0. The molecule has 1 N–H and O–H groups in total. The Kier molecular flexibility index (Phi) is 2.13. The smallest absolute Gasteiger partial charge is 0.0949 e. The highest BCUT2D eigenvalue weighted by atomic mass is 16.3. The summed E-state index contributed by atoms with van der Waals surface area (Å²) < 4.78 is 2.02. The molecule has 0 unspecified atom stereocenters. The van der Waals surface area contributed by atoms with Crippen LogP contribution in [0.25, 0.3) is 0 Å². The van der Waals surface area contributed by atoms with Crippen molar-refractivity contribution in [2.24, 2.45) is 0 Å². The van der Waals surface area contributed by atoms with Crippen LogP contribution in [0.5, 0.6) is 0 Å². The third kappa shape index (κ3) is 1.37. The van der Waals surface area contributed by atoms with Gasteiger partial charge in [-0.3, -0.25) is 0 Å². The van der Waals surface area contributed by atoms with E-state index in [1.165, 1.54) is 6.42 Å². The van der Waals surface area contributed by atoms with Gasteiger partial charge in [-0.25, -0.2) is 4.98 Å². The van der Waals surface area contributed by atoms with E-state index in [4.69, 9.17) is 0 Å². The van der Waals surface area contributed by atoms with Gasteiger partial charge in [-0.15, -0.1) is 0 Å². The van der Waals surface area contributed by atoms with E-state index >= 15 is 0 Å². The molecule has 0 aromatic carbocycles. The van der Waals surface area contributed by atoms with E-state index < -0.39 is 0 Å². The Labute approximate surface area is 72.0 Å². The number of rotatable bonds is 1. The lowest BCUT2D eigenvalue weighted by atomic mass is 9.92. The molecule has 0 saturated heterocycles. The number of nitrogens with zero attached hydrogens (tertiary/aromatic N) is 2. The molecule has 1 aliphatic rings. The van der Waals surface area contributed by atoms with Gasteiger partial charge >= 0.3 is 0 Å². The molecule has 1 aliphatic carbocycles. The zero-order valence-corrected chi connectivity index (χ0v) is 7.06. The van der Waals surface area contributed by atoms with Crippen molar-refractivity contribution >= 4 is 0 Å². The van der Waals surface area contributed by atoms with Gasteiger partial charge in [0.25, 0.3) is 0 Å². The first kappa shape index (κ1) is 7.80. The minimum Gasteiger partial charge on any atom is -0.391 e. The van der Waals surface area contributed by atoms with Crippen molar-refractivity contribution in [3.05, 3.63) is 18.7 Å². The normalized spacial score (nSPS) is 30.4. The van der Waals surface area contributed by atoms with Gasteiger partial charge in [0.2, 0.25) is 0 Å². The number of aliphatic hydroxyl groups is 1. The molecule has 3 nitrogen and oxygen atoms in total. The van der Waals surface area contributed by atoms with Crippen molar-refractivity contribution in [1.82, 2.24) is 9.55 Å². The number of aromatic nitrogens is 2. The van der Waals surface area contributed by atoms with E-state index in [1.807, 2.05) is 10.8 Å². The molecule has 3 heteroatoms. The maximum atomic E-state index is 9.69. The van der Waals surface area contributed by atoms with Gasteiger partial charge in [-0.2, -0.15) is 0 Å². The molecule has 1 heterocycles. The molecule has 12 heavy (non-hydrogen) atoms. The third-order valence-electron chi connectivity index (χ3n) is 2.60. The van der Waals surface area contributed by atoms with Crippen molar-refractivity contribution in [1.29, 1.82) is 0 Å². The predicted octanol–water partition coefficient (Wildman–Crippen LogP) is 1.36. The van der Waals surface area contributed by atoms with Crippen LogP contribution in [-0.2, 0) is 0 Å². The summed E-state index contributed by atoms with van der Waals surface area (Å²) in [6.07, 6.45) is 9.71. The Morgan fingerprint density at radius 1 is 1.33 bits per heavy atom. The maximum absolute atomic E-state index is 9.69. The number of aliphatic hydroxyl groups excluding tert-OH is 1.